The summed E-state index contributed by atoms with van der Waals surface area (Å²) in [6, 6.07) is 18.9. The SMILES string of the molecule is COc1ccc2cc(C(=O)NCc3ccc(C(=O)N4CCCCC4)cc3)ccc2c1. The van der Waals surface area contributed by atoms with Crippen LogP contribution in [0.4, 0.5) is 0 Å². The van der Waals surface area contributed by atoms with Gasteiger partial charge in [0.2, 0.25) is 0 Å². The fraction of sp³-hybridized carbons (Fsp3) is 0.280. The number of carbonyl (C=O) groups excluding carboxylic acids is 2. The van der Waals surface area contributed by atoms with E-state index in [0.29, 0.717) is 17.7 Å². The lowest BCUT2D eigenvalue weighted by Gasteiger charge is -2.26. The molecule has 5 heteroatoms. The molecule has 4 rings (SSSR count). The van der Waals surface area contributed by atoms with Crippen LogP contribution in [0.25, 0.3) is 10.8 Å². The zero-order chi connectivity index (χ0) is 20.9. The largest absolute Gasteiger partial charge is 0.497 e. The molecule has 0 radical (unpaired) electrons. The average Bonchev–Trinajstić information content (AvgIpc) is 2.82. The third-order valence-electron chi connectivity index (χ3n) is 5.61. The number of carbonyl (C=O) groups is 2. The maximum absolute atomic E-state index is 12.6. The van der Waals surface area contributed by atoms with E-state index in [4.69, 9.17) is 4.74 Å². The van der Waals surface area contributed by atoms with Crippen LogP contribution in [-0.2, 0) is 6.54 Å². The van der Waals surface area contributed by atoms with Gasteiger partial charge in [-0.1, -0.05) is 24.3 Å². The number of rotatable bonds is 5. The molecule has 0 spiro atoms. The molecule has 154 valence electrons. The van der Waals surface area contributed by atoms with Gasteiger partial charge in [0.25, 0.3) is 11.8 Å². The molecule has 3 aromatic rings. The van der Waals surface area contributed by atoms with Crippen molar-refractivity contribution >= 4 is 22.6 Å². The molecule has 0 saturated carbocycles. The van der Waals surface area contributed by atoms with Crippen molar-refractivity contribution < 1.29 is 14.3 Å². The Labute approximate surface area is 176 Å². The van der Waals surface area contributed by atoms with Crippen molar-refractivity contribution in [2.75, 3.05) is 20.2 Å². The molecule has 0 aliphatic carbocycles. The topological polar surface area (TPSA) is 58.6 Å². The van der Waals surface area contributed by atoms with Crippen molar-refractivity contribution in [2.45, 2.75) is 25.8 Å². The second-order valence-electron chi connectivity index (χ2n) is 7.66. The second kappa shape index (κ2) is 8.99. The van der Waals surface area contributed by atoms with Gasteiger partial charge < -0.3 is 15.0 Å². The van der Waals surface area contributed by atoms with Gasteiger partial charge in [0.15, 0.2) is 0 Å². The summed E-state index contributed by atoms with van der Waals surface area (Å²) >= 11 is 0. The van der Waals surface area contributed by atoms with Crippen molar-refractivity contribution in [1.29, 1.82) is 0 Å². The van der Waals surface area contributed by atoms with E-state index in [9.17, 15) is 9.59 Å². The molecule has 30 heavy (non-hydrogen) atoms. The van der Waals surface area contributed by atoms with Crippen LogP contribution in [0.1, 0.15) is 45.5 Å². The van der Waals surface area contributed by atoms with E-state index >= 15 is 0 Å². The third kappa shape index (κ3) is 4.46. The molecule has 0 atom stereocenters. The lowest BCUT2D eigenvalue weighted by atomic mass is 10.1. The summed E-state index contributed by atoms with van der Waals surface area (Å²) in [5.41, 5.74) is 2.28. The molecule has 5 nitrogen and oxygen atoms in total. The molecule has 1 N–H and O–H groups in total. The summed E-state index contributed by atoms with van der Waals surface area (Å²) in [7, 11) is 1.64. The molecule has 1 aliphatic rings. The first kappa shape index (κ1) is 20.0. The molecule has 2 amide bonds. The Kier molecular flexibility index (Phi) is 5.98. The van der Waals surface area contributed by atoms with E-state index in [2.05, 4.69) is 5.32 Å². The molecule has 1 saturated heterocycles. The number of nitrogens with zero attached hydrogens (tertiary/aromatic N) is 1. The zero-order valence-electron chi connectivity index (χ0n) is 17.2. The number of hydrogen-bond donors (Lipinski definition) is 1. The summed E-state index contributed by atoms with van der Waals surface area (Å²) < 4.78 is 5.24. The number of amides is 2. The molecule has 0 bridgehead atoms. The summed E-state index contributed by atoms with van der Waals surface area (Å²) in [5, 5.41) is 4.97. The van der Waals surface area contributed by atoms with Gasteiger partial charge in [0.1, 0.15) is 5.75 Å². The predicted octanol–water partition coefficient (Wildman–Crippen LogP) is 4.40. The van der Waals surface area contributed by atoms with Gasteiger partial charge in [-0.05, 0) is 72.0 Å². The fourth-order valence-corrected chi connectivity index (χ4v) is 3.82. The van der Waals surface area contributed by atoms with Crippen molar-refractivity contribution in [3.05, 3.63) is 77.4 Å². The van der Waals surface area contributed by atoms with Crippen LogP contribution in [0.5, 0.6) is 5.75 Å². The summed E-state index contributed by atoms with van der Waals surface area (Å²) in [6.45, 7) is 2.10. The van der Waals surface area contributed by atoms with E-state index in [-0.39, 0.29) is 11.8 Å². The maximum atomic E-state index is 12.6. The molecule has 3 aromatic carbocycles. The average molecular weight is 402 g/mol. The first-order valence-corrected chi connectivity index (χ1v) is 10.4. The van der Waals surface area contributed by atoms with Gasteiger partial charge >= 0.3 is 0 Å². The highest BCUT2D eigenvalue weighted by atomic mass is 16.5. The summed E-state index contributed by atoms with van der Waals surface area (Å²) in [6.07, 6.45) is 3.37. The molecule has 1 aliphatic heterocycles. The Hall–Kier alpha value is -3.34. The minimum Gasteiger partial charge on any atom is -0.497 e. The van der Waals surface area contributed by atoms with Crippen LogP contribution in [0.3, 0.4) is 0 Å². The molecular formula is C25H26N2O3. The van der Waals surface area contributed by atoms with E-state index < -0.39 is 0 Å². The van der Waals surface area contributed by atoms with E-state index in [1.54, 1.807) is 7.11 Å². The van der Waals surface area contributed by atoms with Crippen LogP contribution in [0, 0.1) is 0 Å². The van der Waals surface area contributed by atoms with Crippen LogP contribution in [0.2, 0.25) is 0 Å². The third-order valence-corrected chi connectivity index (χ3v) is 5.61. The first-order valence-electron chi connectivity index (χ1n) is 10.4. The Bertz CT molecular complexity index is 1050. The van der Waals surface area contributed by atoms with Crippen molar-refractivity contribution in [2.24, 2.45) is 0 Å². The Balaban J connectivity index is 1.37. The number of nitrogens with one attached hydrogen (secondary N) is 1. The van der Waals surface area contributed by atoms with Crippen LogP contribution >= 0.6 is 0 Å². The summed E-state index contributed by atoms with van der Waals surface area (Å²) in [4.78, 5) is 27.1. The predicted molar refractivity (Wildman–Crippen MR) is 118 cm³/mol. The zero-order valence-corrected chi connectivity index (χ0v) is 17.2. The van der Waals surface area contributed by atoms with Gasteiger partial charge in [-0.15, -0.1) is 0 Å². The van der Waals surface area contributed by atoms with Crippen LogP contribution in [0.15, 0.2) is 60.7 Å². The minimum atomic E-state index is -0.124. The number of piperidine rings is 1. The number of methoxy groups -OCH3 is 1. The first-order chi connectivity index (χ1) is 14.6. The smallest absolute Gasteiger partial charge is 0.253 e. The second-order valence-corrected chi connectivity index (χ2v) is 7.66. The number of benzene rings is 3. The highest BCUT2D eigenvalue weighted by Crippen LogP contribution is 2.22. The molecule has 0 unspecified atom stereocenters. The number of ether oxygens (including phenoxy) is 1. The van der Waals surface area contributed by atoms with E-state index in [1.807, 2.05) is 65.6 Å². The molecule has 1 fully saturated rings. The van der Waals surface area contributed by atoms with Crippen molar-refractivity contribution in [1.82, 2.24) is 10.2 Å². The van der Waals surface area contributed by atoms with E-state index in [1.165, 1.54) is 6.42 Å². The molecule has 1 heterocycles. The monoisotopic (exact) mass is 402 g/mol. The van der Waals surface area contributed by atoms with Gasteiger partial charge in [-0.2, -0.15) is 0 Å². The maximum Gasteiger partial charge on any atom is 0.253 e. The van der Waals surface area contributed by atoms with E-state index in [0.717, 1.165) is 48.0 Å². The number of fused-ring (bicyclic) bond motifs is 1. The lowest BCUT2D eigenvalue weighted by molar-refractivity contribution is 0.0724. The highest BCUT2D eigenvalue weighted by molar-refractivity contribution is 5.99. The Morgan fingerprint density at radius 2 is 1.53 bits per heavy atom. The number of likely N-dealkylation sites (tertiary alicyclic amines) is 1. The number of hydrogen-bond acceptors (Lipinski definition) is 3. The standard InChI is InChI=1S/C25H26N2O3/c1-30-23-12-11-20-15-22(10-9-21(20)16-23)24(28)26-17-18-5-7-19(8-6-18)25(29)27-13-3-2-4-14-27/h5-12,15-16H,2-4,13-14,17H2,1H3,(H,26,28). The Morgan fingerprint density at radius 3 is 2.27 bits per heavy atom. The van der Waals surface area contributed by atoms with Crippen molar-refractivity contribution in [3.8, 4) is 5.75 Å². The van der Waals surface area contributed by atoms with Gasteiger partial charge in [0.05, 0.1) is 7.11 Å². The van der Waals surface area contributed by atoms with Crippen molar-refractivity contribution in [3.63, 3.8) is 0 Å². The van der Waals surface area contributed by atoms with Gasteiger partial charge in [-0.3, -0.25) is 9.59 Å². The van der Waals surface area contributed by atoms with Gasteiger partial charge in [0, 0.05) is 30.8 Å². The van der Waals surface area contributed by atoms with Gasteiger partial charge in [-0.25, -0.2) is 0 Å². The lowest BCUT2D eigenvalue weighted by Crippen LogP contribution is -2.35. The normalized spacial score (nSPS) is 13.8. The fourth-order valence-electron chi connectivity index (χ4n) is 3.82. The molecular weight excluding hydrogens is 376 g/mol. The van der Waals surface area contributed by atoms with Crippen LogP contribution < -0.4 is 10.1 Å². The minimum absolute atomic E-state index is 0.0954. The quantitative estimate of drug-likeness (QED) is 0.688. The Morgan fingerprint density at radius 1 is 0.867 bits per heavy atom. The highest BCUT2D eigenvalue weighted by Gasteiger charge is 2.17. The van der Waals surface area contributed by atoms with Crippen LogP contribution in [-0.4, -0.2) is 36.9 Å². The summed E-state index contributed by atoms with van der Waals surface area (Å²) in [5.74, 6) is 0.765. The molecule has 0 aromatic heterocycles.